The molecule has 0 radical (unpaired) electrons. The van der Waals surface area contributed by atoms with Gasteiger partial charge in [-0.05, 0) is 99.3 Å². The molecule has 10 heteroatoms. The third-order valence-corrected chi connectivity index (χ3v) is 13.5. The van der Waals surface area contributed by atoms with E-state index >= 15 is 0 Å². The Morgan fingerprint density at radius 2 is 0.750 bits per heavy atom. The normalized spacial score (nSPS) is 16.9. The van der Waals surface area contributed by atoms with Gasteiger partial charge in [0.05, 0.1) is 0 Å². The van der Waals surface area contributed by atoms with Gasteiger partial charge in [0.2, 0.25) is 11.6 Å². The van der Waals surface area contributed by atoms with Crippen LogP contribution in [0.25, 0.3) is 0 Å². The van der Waals surface area contributed by atoms with Crippen molar-refractivity contribution in [2.75, 3.05) is 13.1 Å². The fourth-order valence-electron chi connectivity index (χ4n) is 9.60. The van der Waals surface area contributed by atoms with Gasteiger partial charge in [-0.2, -0.15) is 0 Å². The summed E-state index contributed by atoms with van der Waals surface area (Å²) in [6.45, 7) is 0.755. The molecule has 68 heavy (non-hydrogen) atoms. The first-order valence-corrected chi connectivity index (χ1v) is 25.5. The number of esters is 2. The molecule has 10 nitrogen and oxygen atoms in total. The van der Waals surface area contributed by atoms with Crippen LogP contribution in [0.2, 0.25) is 0 Å². The molecule has 2 heterocycles. The highest BCUT2D eigenvalue weighted by Gasteiger charge is 2.38. The SMILES string of the molecule is O=C(CCCCCCCCCCCCC(=O)C(=O)N1CCCCC1C(=O)O[C@H](CCc1ccccc1)c1ccccc1)C(=O)N1CCCCC1C(=O)O[C@H](CCc1ccccc1)c1ccccc1. The van der Waals surface area contributed by atoms with E-state index in [-0.39, 0.29) is 12.8 Å². The van der Waals surface area contributed by atoms with E-state index in [2.05, 4.69) is 24.3 Å². The van der Waals surface area contributed by atoms with Gasteiger partial charge in [-0.15, -0.1) is 0 Å². The number of amides is 2. The Labute approximate surface area is 404 Å². The lowest BCUT2D eigenvalue weighted by atomic mass is 9.99. The second kappa shape index (κ2) is 28.4. The summed E-state index contributed by atoms with van der Waals surface area (Å²) in [7, 11) is 0. The molecule has 2 saturated heterocycles. The Morgan fingerprint density at radius 1 is 0.426 bits per heavy atom. The molecule has 0 saturated carbocycles. The summed E-state index contributed by atoms with van der Waals surface area (Å²) in [6.07, 6.45) is 15.4. The van der Waals surface area contributed by atoms with Crippen molar-refractivity contribution in [2.45, 2.75) is 166 Å². The fraction of sp³-hybridized carbons (Fsp3) is 0.483. The number of likely N-dealkylation sites (tertiary alicyclic amines) is 2. The molecule has 4 aromatic rings. The van der Waals surface area contributed by atoms with Crippen molar-refractivity contribution in [1.82, 2.24) is 9.80 Å². The van der Waals surface area contributed by atoms with E-state index in [9.17, 15) is 28.8 Å². The quantitative estimate of drug-likeness (QED) is 0.0329. The zero-order valence-electron chi connectivity index (χ0n) is 40.0. The summed E-state index contributed by atoms with van der Waals surface area (Å²) in [5, 5.41) is 0. The van der Waals surface area contributed by atoms with Gasteiger partial charge in [0.25, 0.3) is 11.8 Å². The Morgan fingerprint density at radius 3 is 1.10 bits per heavy atom. The van der Waals surface area contributed by atoms with Crippen molar-refractivity contribution in [3.05, 3.63) is 144 Å². The molecule has 0 aromatic heterocycles. The summed E-state index contributed by atoms with van der Waals surface area (Å²) >= 11 is 0. The molecule has 2 aliphatic rings. The van der Waals surface area contributed by atoms with E-state index in [0.717, 1.165) is 112 Å². The molecule has 0 aliphatic carbocycles. The van der Waals surface area contributed by atoms with Crippen LogP contribution < -0.4 is 0 Å². The molecule has 4 atom stereocenters. The van der Waals surface area contributed by atoms with E-state index in [1.165, 1.54) is 9.80 Å². The van der Waals surface area contributed by atoms with E-state index < -0.39 is 59.6 Å². The van der Waals surface area contributed by atoms with E-state index in [0.29, 0.717) is 51.6 Å². The molecule has 2 fully saturated rings. The van der Waals surface area contributed by atoms with Crippen molar-refractivity contribution < 1.29 is 38.2 Å². The van der Waals surface area contributed by atoms with Crippen molar-refractivity contribution in [3.63, 3.8) is 0 Å². The summed E-state index contributed by atoms with van der Waals surface area (Å²) in [5.74, 6) is -2.90. The maximum Gasteiger partial charge on any atom is 0.329 e. The topological polar surface area (TPSA) is 127 Å². The smallest absolute Gasteiger partial charge is 0.329 e. The van der Waals surface area contributed by atoms with Gasteiger partial charge in [-0.3, -0.25) is 19.2 Å². The van der Waals surface area contributed by atoms with Gasteiger partial charge >= 0.3 is 11.9 Å². The first-order chi connectivity index (χ1) is 33.3. The molecule has 2 aliphatic heterocycles. The summed E-state index contributed by atoms with van der Waals surface area (Å²) in [6, 6.07) is 38.1. The molecule has 2 unspecified atom stereocenters. The zero-order valence-corrected chi connectivity index (χ0v) is 40.0. The summed E-state index contributed by atoms with van der Waals surface area (Å²) in [5.41, 5.74) is 4.14. The number of ketones is 2. The minimum atomic E-state index is -0.758. The standard InChI is InChI=1S/C58H72N2O8/c61-51(55(63)59-43-25-23-35-49(59)57(65)67-53(47-31-17-11-18-32-47)41-39-45-27-13-9-14-28-45)37-21-7-5-3-1-2-4-6-8-22-38-52(62)56(64)60-44-26-24-36-50(60)58(66)68-54(48-33-19-12-20-34-48)42-40-46-29-15-10-16-30-46/h9-20,27-34,49-50,53-54H,1-8,21-26,35-44H2/t49?,50?,53-,54-/m1/s1. The number of carbonyl (C=O) groups is 6. The Bertz CT molecular complexity index is 2010. The lowest BCUT2D eigenvalue weighted by Gasteiger charge is -2.34. The third kappa shape index (κ3) is 16.4. The largest absolute Gasteiger partial charge is 0.456 e. The van der Waals surface area contributed by atoms with Crippen LogP contribution in [-0.2, 0) is 51.1 Å². The number of hydrogen-bond acceptors (Lipinski definition) is 8. The number of Topliss-reactive ketones (excluding diaryl/α,β-unsaturated/α-hetero) is 2. The summed E-state index contributed by atoms with van der Waals surface area (Å²) < 4.78 is 12.3. The molecule has 362 valence electrons. The first-order valence-electron chi connectivity index (χ1n) is 25.5. The van der Waals surface area contributed by atoms with Crippen molar-refractivity contribution >= 4 is 35.3 Å². The van der Waals surface area contributed by atoms with Gasteiger partial charge in [0, 0.05) is 25.9 Å². The number of piperidine rings is 2. The van der Waals surface area contributed by atoms with Crippen LogP contribution in [0.15, 0.2) is 121 Å². The molecule has 2 amide bonds. The monoisotopic (exact) mass is 925 g/mol. The van der Waals surface area contributed by atoms with E-state index in [1.807, 2.05) is 97.1 Å². The molecule has 4 aromatic carbocycles. The Kier molecular flexibility index (Phi) is 21.5. The predicted octanol–water partition coefficient (Wildman–Crippen LogP) is 11.4. The highest BCUT2D eigenvalue weighted by molar-refractivity contribution is 6.36. The Balaban J connectivity index is 0.830. The number of unbranched alkanes of at least 4 members (excludes halogenated alkanes) is 9. The van der Waals surface area contributed by atoms with Crippen LogP contribution in [0, 0.1) is 0 Å². The van der Waals surface area contributed by atoms with E-state index in [1.54, 1.807) is 0 Å². The third-order valence-electron chi connectivity index (χ3n) is 13.5. The molecule has 6 rings (SSSR count). The minimum Gasteiger partial charge on any atom is -0.456 e. The number of ether oxygens (including phenoxy) is 2. The number of carbonyl (C=O) groups excluding carboxylic acids is 6. The van der Waals surface area contributed by atoms with Crippen LogP contribution in [0.3, 0.4) is 0 Å². The van der Waals surface area contributed by atoms with E-state index in [4.69, 9.17) is 9.47 Å². The predicted molar refractivity (Wildman–Crippen MR) is 264 cm³/mol. The van der Waals surface area contributed by atoms with Crippen molar-refractivity contribution in [2.24, 2.45) is 0 Å². The fourth-order valence-corrected chi connectivity index (χ4v) is 9.60. The second-order valence-electron chi connectivity index (χ2n) is 18.6. The zero-order chi connectivity index (χ0) is 47.8. The first kappa shape index (κ1) is 51.5. The number of hydrogen-bond donors (Lipinski definition) is 0. The minimum absolute atomic E-state index is 0.175. The summed E-state index contributed by atoms with van der Waals surface area (Å²) in [4.78, 5) is 83.3. The average Bonchev–Trinajstić information content (AvgIpc) is 3.39. The van der Waals surface area contributed by atoms with Crippen LogP contribution in [0.4, 0.5) is 0 Å². The van der Waals surface area contributed by atoms with Crippen LogP contribution >= 0.6 is 0 Å². The molecule has 0 bridgehead atoms. The number of rotatable bonds is 27. The van der Waals surface area contributed by atoms with Crippen LogP contribution in [-0.4, -0.2) is 70.3 Å². The van der Waals surface area contributed by atoms with Gasteiger partial charge in [0.15, 0.2) is 0 Å². The molecule has 0 spiro atoms. The van der Waals surface area contributed by atoms with Crippen molar-refractivity contribution in [1.29, 1.82) is 0 Å². The highest BCUT2D eigenvalue weighted by atomic mass is 16.5. The molecule has 0 N–H and O–H groups in total. The second-order valence-corrected chi connectivity index (χ2v) is 18.6. The maximum absolute atomic E-state index is 13.7. The van der Waals surface area contributed by atoms with Gasteiger partial charge in [-0.25, -0.2) is 9.59 Å². The van der Waals surface area contributed by atoms with Gasteiger partial charge in [0.1, 0.15) is 24.3 Å². The molecular weight excluding hydrogens is 853 g/mol. The van der Waals surface area contributed by atoms with Crippen LogP contribution in [0.1, 0.15) is 163 Å². The highest BCUT2D eigenvalue weighted by Crippen LogP contribution is 2.29. The lowest BCUT2D eigenvalue weighted by molar-refractivity contribution is -0.163. The van der Waals surface area contributed by atoms with Gasteiger partial charge < -0.3 is 19.3 Å². The lowest BCUT2D eigenvalue weighted by Crippen LogP contribution is -2.51. The van der Waals surface area contributed by atoms with Crippen LogP contribution in [0.5, 0.6) is 0 Å². The molecular formula is C58H72N2O8. The average molecular weight is 925 g/mol. The number of aryl methyl sites for hydroxylation is 2. The Hall–Kier alpha value is -5.90. The van der Waals surface area contributed by atoms with Gasteiger partial charge in [-0.1, -0.05) is 173 Å². The van der Waals surface area contributed by atoms with Crippen molar-refractivity contribution in [3.8, 4) is 0 Å². The maximum atomic E-state index is 13.7. The number of nitrogens with zero attached hydrogens (tertiary/aromatic N) is 2. The number of benzene rings is 4.